The van der Waals surface area contributed by atoms with Gasteiger partial charge in [-0.3, -0.25) is 9.59 Å². The van der Waals surface area contributed by atoms with Crippen molar-refractivity contribution in [3.8, 4) is 17.7 Å². The second kappa shape index (κ2) is 9.80. The van der Waals surface area contributed by atoms with E-state index in [2.05, 4.69) is 26.8 Å². The summed E-state index contributed by atoms with van der Waals surface area (Å²) in [6.45, 7) is 5.43. The molecule has 0 radical (unpaired) electrons. The molecule has 0 bridgehead atoms. The van der Waals surface area contributed by atoms with E-state index in [1.165, 1.54) is 4.52 Å². The Hall–Kier alpha value is -4.42. The summed E-state index contributed by atoms with van der Waals surface area (Å²) in [5.74, 6) is 0.696. The Bertz CT molecular complexity index is 1620. The van der Waals surface area contributed by atoms with Gasteiger partial charge in [-0.05, 0) is 69.0 Å². The average molecular weight is 529 g/mol. The third-order valence-corrected chi connectivity index (χ3v) is 6.74. The van der Waals surface area contributed by atoms with Crippen LogP contribution in [0.1, 0.15) is 48.2 Å². The Kier molecular flexibility index (Phi) is 6.51. The molecule has 1 aliphatic carbocycles. The van der Waals surface area contributed by atoms with Crippen molar-refractivity contribution in [2.75, 3.05) is 10.6 Å². The fourth-order valence-electron chi connectivity index (χ4n) is 3.84. The van der Waals surface area contributed by atoms with E-state index in [-0.39, 0.29) is 28.6 Å². The van der Waals surface area contributed by atoms with E-state index in [0.717, 1.165) is 24.0 Å². The fourth-order valence-corrected chi connectivity index (χ4v) is 4.14. The molecule has 1 saturated carbocycles. The minimum Gasteiger partial charge on any atom is -0.436 e. The van der Waals surface area contributed by atoms with Crippen LogP contribution in [0.15, 0.2) is 54.7 Å². The molecule has 5 rings (SSSR count). The number of carbonyl (C=O) groups excluding carboxylic acids is 2. The molecule has 9 nitrogen and oxygen atoms in total. The highest BCUT2D eigenvalue weighted by Crippen LogP contribution is 2.38. The van der Waals surface area contributed by atoms with Gasteiger partial charge in [0.2, 0.25) is 11.8 Å². The molecule has 0 saturated heterocycles. The summed E-state index contributed by atoms with van der Waals surface area (Å²) in [7, 11) is 0. The van der Waals surface area contributed by atoms with E-state index in [0.29, 0.717) is 28.5 Å². The number of anilines is 2. The largest absolute Gasteiger partial charge is 0.436 e. The molecular weight excluding hydrogens is 504 g/mol. The highest BCUT2D eigenvalue weighted by atomic mass is 35.5. The number of carbonyl (C=O) groups is 2. The Morgan fingerprint density at radius 1 is 1.16 bits per heavy atom. The van der Waals surface area contributed by atoms with Crippen molar-refractivity contribution in [2.24, 2.45) is 5.92 Å². The topological polar surface area (TPSA) is 121 Å². The Morgan fingerprint density at radius 2 is 1.95 bits per heavy atom. The van der Waals surface area contributed by atoms with Crippen LogP contribution in [0.2, 0.25) is 5.02 Å². The summed E-state index contributed by atoms with van der Waals surface area (Å²) in [5.41, 5.74) is 2.08. The standard InChI is InChI=1S/C28H25ClN6O3/c1-16-7-10-20(31-27(37)18-5-4-6-19(13-18)28(2,3)15-30)24(29)25(16)38-23-12-11-22-32-21(14-35(22)34-23)33-26(36)17-8-9-17/h4-7,10-14,17H,8-9H2,1-3H3,(H,31,37)(H,33,36). The summed E-state index contributed by atoms with van der Waals surface area (Å²) in [6, 6.07) is 16.0. The number of aryl methyl sites for hydroxylation is 1. The van der Waals surface area contributed by atoms with E-state index in [9.17, 15) is 14.9 Å². The van der Waals surface area contributed by atoms with Crippen LogP contribution < -0.4 is 15.4 Å². The molecule has 10 heteroatoms. The first-order chi connectivity index (χ1) is 18.1. The number of hydrogen-bond acceptors (Lipinski definition) is 6. The predicted octanol–water partition coefficient (Wildman–Crippen LogP) is 5.89. The zero-order chi connectivity index (χ0) is 27.0. The Morgan fingerprint density at radius 3 is 2.68 bits per heavy atom. The Balaban J connectivity index is 1.36. The maximum atomic E-state index is 13.0. The number of amides is 2. The van der Waals surface area contributed by atoms with Crippen LogP contribution in [0.5, 0.6) is 11.6 Å². The van der Waals surface area contributed by atoms with Crippen LogP contribution in [0.3, 0.4) is 0 Å². The molecule has 0 aliphatic heterocycles. The number of nitrogens with one attached hydrogen (secondary N) is 2. The monoisotopic (exact) mass is 528 g/mol. The zero-order valence-corrected chi connectivity index (χ0v) is 21.8. The second-order valence-corrected chi connectivity index (χ2v) is 10.2. The van der Waals surface area contributed by atoms with Crippen molar-refractivity contribution in [3.63, 3.8) is 0 Å². The van der Waals surface area contributed by atoms with Gasteiger partial charge in [-0.15, -0.1) is 5.10 Å². The van der Waals surface area contributed by atoms with Crippen LogP contribution >= 0.6 is 11.6 Å². The number of imidazole rings is 1. The van der Waals surface area contributed by atoms with Gasteiger partial charge in [0.15, 0.2) is 17.2 Å². The van der Waals surface area contributed by atoms with Crippen molar-refractivity contribution in [3.05, 3.63) is 76.4 Å². The van der Waals surface area contributed by atoms with Gasteiger partial charge >= 0.3 is 0 Å². The third-order valence-electron chi connectivity index (χ3n) is 6.37. The molecule has 2 amide bonds. The van der Waals surface area contributed by atoms with E-state index in [1.807, 2.05) is 13.0 Å². The van der Waals surface area contributed by atoms with Crippen LogP contribution in [-0.2, 0) is 10.2 Å². The minimum atomic E-state index is -0.730. The van der Waals surface area contributed by atoms with Gasteiger partial charge in [0.1, 0.15) is 5.02 Å². The molecule has 1 aliphatic rings. The highest BCUT2D eigenvalue weighted by molar-refractivity contribution is 6.35. The van der Waals surface area contributed by atoms with Crippen molar-refractivity contribution >= 4 is 40.6 Å². The first-order valence-corrected chi connectivity index (χ1v) is 12.5. The summed E-state index contributed by atoms with van der Waals surface area (Å²) < 4.78 is 7.54. The lowest BCUT2D eigenvalue weighted by Gasteiger charge is -2.17. The average Bonchev–Trinajstić information content (AvgIpc) is 3.68. The quantitative estimate of drug-likeness (QED) is 0.308. The second-order valence-electron chi connectivity index (χ2n) is 9.81. The molecule has 4 aromatic rings. The number of ether oxygens (including phenoxy) is 1. The van der Waals surface area contributed by atoms with E-state index < -0.39 is 5.41 Å². The smallest absolute Gasteiger partial charge is 0.255 e. The van der Waals surface area contributed by atoms with Gasteiger partial charge in [0.25, 0.3) is 5.91 Å². The molecule has 1 fully saturated rings. The van der Waals surface area contributed by atoms with Gasteiger partial charge in [0, 0.05) is 17.5 Å². The lowest BCUT2D eigenvalue weighted by Crippen LogP contribution is -2.17. The molecule has 0 spiro atoms. The maximum absolute atomic E-state index is 13.0. The van der Waals surface area contributed by atoms with Gasteiger partial charge in [-0.1, -0.05) is 29.8 Å². The first-order valence-electron chi connectivity index (χ1n) is 12.1. The molecule has 192 valence electrons. The number of fused-ring (bicyclic) bond motifs is 1. The molecule has 0 unspecified atom stereocenters. The van der Waals surface area contributed by atoms with E-state index in [4.69, 9.17) is 16.3 Å². The van der Waals surface area contributed by atoms with Gasteiger partial charge < -0.3 is 15.4 Å². The predicted molar refractivity (Wildman–Crippen MR) is 144 cm³/mol. The lowest BCUT2D eigenvalue weighted by atomic mass is 9.85. The Labute approximate surface area is 224 Å². The molecule has 2 aromatic carbocycles. The maximum Gasteiger partial charge on any atom is 0.255 e. The summed E-state index contributed by atoms with van der Waals surface area (Å²) in [5, 5.41) is 19.7. The van der Waals surface area contributed by atoms with Crippen LogP contribution in [0.25, 0.3) is 5.65 Å². The van der Waals surface area contributed by atoms with Crippen LogP contribution in [0, 0.1) is 24.2 Å². The zero-order valence-electron chi connectivity index (χ0n) is 21.1. The number of nitrogens with zero attached hydrogens (tertiary/aromatic N) is 4. The highest BCUT2D eigenvalue weighted by Gasteiger charge is 2.30. The number of hydrogen-bond donors (Lipinski definition) is 2. The SMILES string of the molecule is Cc1ccc(NC(=O)c2cccc(C(C)(C)C#N)c2)c(Cl)c1Oc1ccc2nc(NC(=O)C3CC3)cn2n1. The van der Waals surface area contributed by atoms with Gasteiger partial charge in [0.05, 0.1) is 23.4 Å². The number of benzene rings is 2. The normalized spacial score (nSPS) is 13.1. The van der Waals surface area contributed by atoms with E-state index in [1.54, 1.807) is 62.5 Å². The minimum absolute atomic E-state index is 0.0355. The lowest BCUT2D eigenvalue weighted by molar-refractivity contribution is -0.117. The summed E-state index contributed by atoms with van der Waals surface area (Å²) in [6.07, 6.45) is 3.43. The number of halogens is 1. The van der Waals surface area contributed by atoms with Gasteiger partial charge in [-0.25, -0.2) is 9.50 Å². The molecule has 2 aromatic heterocycles. The van der Waals surface area contributed by atoms with E-state index >= 15 is 0 Å². The summed E-state index contributed by atoms with van der Waals surface area (Å²) in [4.78, 5) is 29.4. The number of rotatable bonds is 7. The number of aromatic nitrogens is 3. The molecular formula is C28H25ClN6O3. The molecule has 2 N–H and O–H groups in total. The van der Waals surface area contributed by atoms with Crippen molar-refractivity contribution in [1.82, 2.24) is 14.6 Å². The van der Waals surface area contributed by atoms with Crippen molar-refractivity contribution < 1.29 is 14.3 Å². The third kappa shape index (κ3) is 5.17. The van der Waals surface area contributed by atoms with Crippen molar-refractivity contribution in [1.29, 1.82) is 5.26 Å². The summed E-state index contributed by atoms with van der Waals surface area (Å²) >= 11 is 6.66. The molecule has 2 heterocycles. The fraction of sp³-hybridized carbons (Fsp3) is 0.250. The van der Waals surface area contributed by atoms with Crippen LogP contribution in [0.4, 0.5) is 11.5 Å². The van der Waals surface area contributed by atoms with Crippen molar-refractivity contribution in [2.45, 2.75) is 39.0 Å². The molecule has 38 heavy (non-hydrogen) atoms. The first kappa shape index (κ1) is 25.2. The van der Waals surface area contributed by atoms with Crippen LogP contribution in [-0.4, -0.2) is 26.4 Å². The molecule has 0 atom stereocenters. The number of nitriles is 1. The van der Waals surface area contributed by atoms with Gasteiger partial charge in [-0.2, -0.15) is 5.26 Å².